The second-order valence-corrected chi connectivity index (χ2v) is 4.54. The highest BCUT2D eigenvalue weighted by atomic mass is 16.3. The Bertz CT molecular complexity index is 142. The lowest BCUT2D eigenvalue weighted by molar-refractivity contribution is 0.0275. The van der Waals surface area contributed by atoms with E-state index in [9.17, 15) is 5.11 Å². The van der Waals surface area contributed by atoms with Gasteiger partial charge in [-0.05, 0) is 51.1 Å². The number of hydrogen-bond acceptors (Lipinski definition) is 2. The lowest BCUT2D eigenvalue weighted by Gasteiger charge is -2.41. The topological polar surface area (TPSA) is 23.5 Å². The molecule has 0 aromatic carbocycles. The summed E-state index contributed by atoms with van der Waals surface area (Å²) in [4.78, 5) is 2.43. The van der Waals surface area contributed by atoms with Crippen molar-refractivity contribution in [3.63, 3.8) is 0 Å². The Kier molecular flexibility index (Phi) is 2.37. The normalized spacial score (nSPS) is 44.0. The number of nitrogens with zero attached hydrogens (tertiary/aromatic N) is 1. The summed E-state index contributed by atoms with van der Waals surface area (Å²) in [5.74, 6) is 1.71. The molecule has 1 heterocycles. The lowest BCUT2D eigenvalue weighted by Crippen LogP contribution is -2.42. The molecule has 3 unspecified atom stereocenters. The van der Waals surface area contributed by atoms with E-state index in [0.29, 0.717) is 0 Å². The summed E-state index contributed by atoms with van der Waals surface area (Å²) in [7, 11) is 2.21. The summed E-state index contributed by atoms with van der Waals surface area (Å²) in [6, 6.07) is 0. The Morgan fingerprint density at radius 1 is 1.17 bits per heavy atom. The number of fused-ring (bicyclic) bond motifs is 1. The molecule has 2 nitrogen and oxygen atoms in total. The largest absolute Gasteiger partial charge is 0.393 e. The number of piperidine rings is 1. The van der Waals surface area contributed by atoms with Crippen LogP contribution >= 0.6 is 0 Å². The Morgan fingerprint density at radius 2 is 2.00 bits per heavy atom. The molecule has 70 valence electrons. The zero-order valence-corrected chi connectivity index (χ0v) is 7.87. The van der Waals surface area contributed by atoms with Crippen molar-refractivity contribution in [2.75, 3.05) is 20.1 Å². The van der Waals surface area contributed by atoms with Gasteiger partial charge in [-0.1, -0.05) is 0 Å². The molecule has 2 rings (SSSR count). The molecule has 1 aliphatic heterocycles. The van der Waals surface area contributed by atoms with Gasteiger partial charge in [-0.2, -0.15) is 0 Å². The zero-order valence-electron chi connectivity index (χ0n) is 7.87. The van der Waals surface area contributed by atoms with Crippen LogP contribution in [0.3, 0.4) is 0 Å². The van der Waals surface area contributed by atoms with Crippen LogP contribution in [-0.2, 0) is 0 Å². The van der Waals surface area contributed by atoms with Crippen molar-refractivity contribution in [1.29, 1.82) is 0 Å². The molecular formula is C10H19NO. The molecule has 3 atom stereocenters. The molecule has 1 aliphatic carbocycles. The van der Waals surface area contributed by atoms with E-state index in [1.54, 1.807) is 0 Å². The highest BCUT2D eigenvalue weighted by Crippen LogP contribution is 2.35. The maximum atomic E-state index is 9.50. The predicted octanol–water partition coefficient (Wildman–Crippen LogP) is 1.10. The molecule has 0 aromatic rings. The van der Waals surface area contributed by atoms with Crippen LogP contribution in [0.5, 0.6) is 0 Å². The average molecular weight is 169 g/mol. The molecule has 2 aliphatic rings. The predicted molar refractivity (Wildman–Crippen MR) is 49.0 cm³/mol. The third-order valence-electron chi connectivity index (χ3n) is 3.54. The van der Waals surface area contributed by atoms with Crippen LogP contribution in [0, 0.1) is 11.8 Å². The summed E-state index contributed by atoms with van der Waals surface area (Å²) >= 11 is 0. The number of aliphatic hydroxyl groups is 1. The SMILES string of the molecule is CN1CCC2CC(O)CCC2C1. The summed E-state index contributed by atoms with van der Waals surface area (Å²) < 4.78 is 0. The van der Waals surface area contributed by atoms with Crippen LogP contribution in [0.4, 0.5) is 0 Å². The zero-order chi connectivity index (χ0) is 8.55. The van der Waals surface area contributed by atoms with Crippen molar-refractivity contribution in [3.8, 4) is 0 Å². The van der Waals surface area contributed by atoms with E-state index in [-0.39, 0.29) is 6.10 Å². The Balaban J connectivity index is 1.94. The Labute approximate surface area is 74.6 Å². The minimum absolute atomic E-state index is 0.00894. The quantitative estimate of drug-likeness (QED) is 0.587. The van der Waals surface area contributed by atoms with Gasteiger partial charge in [0.2, 0.25) is 0 Å². The third kappa shape index (κ3) is 1.64. The minimum atomic E-state index is 0.00894. The van der Waals surface area contributed by atoms with E-state index >= 15 is 0 Å². The molecule has 1 N–H and O–H groups in total. The van der Waals surface area contributed by atoms with E-state index in [1.165, 1.54) is 25.9 Å². The monoisotopic (exact) mass is 169 g/mol. The maximum Gasteiger partial charge on any atom is 0.0543 e. The third-order valence-corrected chi connectivity index (χ3v) is 3.54. The van der Waals surface area contributed by atoms with E-state index < -0.39 is 0 Å². The highest BCUT2D eigenvalue weighted by Gasteiger charge is 2.32. The van der Waals surface area contributed by atoms with Crippen LogP contribution < -0.4 is 0 Å². The van der Waals surface area contributed by atoms with Crippen LogP contribution in [0.15, 0.2) is 0 Å². The van der Waals surface area contributed by atoms with Gasteiger partial charge in [-0.3, -0.25) is 0 Å². The van der Waals surface area contributed by atoms with Crippen molar-refractivity contribution in [2.24, 2.45) is 11.8 Å². The van der Waals surface area contributed by atoms with E-state index in [1.807, 2.05) is 0 Å². The summed E-state index contributed by atoms with van der Waals surface area (Å²) in [5.41, 5.74) is 0. The fourth-order valence-corrected chi connectivity index (χ4v) is 2.77. The minimum Gasteiger partial charge on any atom is -0.393 e. The van der Waals surface area contributed by atoms with Crippen LogP contribution in [0.25, 0.3) is 0 Å². The first kappa shape index (κ1) is 8.52. The second kappa shape index (κ2) is 3.35. The van der Waals surface area contributed by atoms with Gasteiger partial charge in [0, 0.05) is 6.54 Å². The molecule has 2 fully saturated rings. The van der Waals surface area contributed by atoms with E-state index in [2.05, 4.69) is 11.9 Å². The first-order valence-electron chi connectivity index (χ1n) is 5.12. The molecule has 1 saturated heterocycles. The molecule has 0 bridgehead atoms. The lowest BCUT2D eigenvalue weighted by atomic mass is 9.74. The molecule has 0 spiro atoms. The summed E-state index contributed by atoms with van der Waals surface area (Å²) in [6.07, 6.45) is 4.66. The van der Waals surface area contributed by atoms with Crippen LogP contribution in [-0.4, -0.2) is 36.2 Å². The van der Waals surface area contributed by atoms with Gasteiger partial charge in [-0.15, -0.1) is 0 Å². The van der Waals surface area contributed by atoms with Crippen molar-refractivity contribution < 1.29 is 5.11 Å². The van der Waals surface area contributed by atoms with Gasteiger partial charge in [0.25, 0.3) is 0 Å². The van der Waals surface area contributed by atoms with Gasteiger partial charge in [-0.25, -0.2) is 0 Å². The second-order valence-electron chi connectivity index (χ2n) is 4.54. The smallest absolute Gasteiger partial charge is 0.0543 e. The fraction of sp³-hybridized carbons (Fsp3) is 1.00. The maximum absolute atomic E-state index is 9.50. The molecule has 0 amide bonds. The van der Waals surface area contributed by atoms with Crippen molar-refractivity contribution in [2.45, 2.75) is 31.8 Å². The molecule has 12 heavy (non-hydrogen) atoms. The Morgan fingerprint density at radius 3 is 2.83 bits per heavy atom. The van der Waals surface area contributed by atoms with Crippen LogP contribution in [0.2, 0.25) is 0 Å². The fourth-order valence-electron chi connectivity index (χ4n) is 2.77. The van der Waals surface area contributed by atoms with E-state index in [4.69, 9.17) is 0 Å². The number of rotatable bonds is 0. The first-order chi connectivity index (χ1) is 5.75. The molecule has 2 heteroatoms. The van der Waals surface area contributed by atoms with Gasteiger partial charge >= 0.3 is 0 Å². The molecular weight excluding hydrogens is 150 g/mol. The number of aliphatic hydroxyl groups excluding tert-OH is 1. The average Bonchev–Trinajstić information content (AvgIpc) is 2.05. The number of hydrogen-bond donors (Lipinski definition) is 1. The highest BCUT2D eigenvalue weighted by molar-refractivity contribution is 4.85. The van der Waals surface area contributed by atoms with Gasteiger partial charge < -0.3 is 10.0 Å². The molecule has 0 aromatic heterocycles. The van der Waals surface area contributed by atoms with Crippen molar-refractivity contribution in [3.05, 3.63) is 0 Å². The molecule has 0 radical (unpaired) electrons. The van der Waals surface area contributed by atoms with Gasteiger partial charge in [0.05, 0.1) is 6.10 Å². The van der Waals surface area contributed by atoms with Gasteiger partial charge in [0.15, 0.2) is 0 Å². The summed E-state index contributed by atoms with van der Waals surface area (Å²) in [5, 5.41) is 9.50. The van der Waals surface area contributed by atoms with Crippen LogP contribution in [0.1, 0.15) is 25.7 Å². The van der Waals surface area contributed by atoms with E-state index in [0.717, 1.165) is 24.7 Å². The van der Waals surface area contributed by atoms with Crippen molar-refractivity contribution in [1.82, 2.24) is 4.90 Å². The summed E-state index contributed by atoms with van der Waals surface area (Å²) in [6.45, 7) is 2.49. The van der Waals surface area contributed by atoms with Crippen molar-refractivity contribution >= 4 is 0 Å². The number of likely N-dealkylation sites (tertiary alicyclic amines) is 1. The molecule has 1 saturated carbocycles. The first-order valence-corrected chi connectivity index (χ1v) is 5.12. The standard InChI is InChI=1S/C10H19NO/c1-11-5-4-8-6-10(12)3-2-9(8)7-11/h8-10,12H,2-7H2,1H3. The van der Waals surface area contributed by atoms with Gasteiger partial charge in [0.1, 0.15) is 0 Å². The Hall–Kier alpha value is -0.0800.